The summed E-state index contributed by atoms with van der Waals surface area (Å²) in [6, 6.07) is 2.27. The molecule has 0 aromatic rings. The predicted molar refractivity (Wildman–Crippen MR) is 55.9 cm³/mol. The Hall–Kier alpha value is -0.590. The number of methoxy groups -OCH3 is 1. The number of rotatable bonds is 8. The second-order valence-electron chi connectivity index (χ2n) is 4.21. The Morgan fingerprint density at radius 3 is 2.79 bits per heavy atom. The van der Waals surface area contributed by atoms with Crippen molar-refractivity contribution in [3.05, 3.63) is 0 Å². The Morgan fingerprint density at radius 1 is 1.43 bits per heavy atom. The lowest BCUT2D eigenvalue weighted by molar-refractivity contribution is 0.192. The van der Waals surface area contributed by atoms with Crippen LogP contribution in [0.4, 0.5) is 0 Å². The number of nitrogens with one attached hydrogen (secondary N) is 1. The molecule has 0 atom stereocenters. The minimum absolute atomic E-state index is 0.343. The molecule has 3 heteroatoms. The first-order valence-corrected chi connectivity index (χ1v) is 5.40. The molecule has 0 heterocycles. The molecule has 0 amide bonds. The molecule has 0 unspecified atom stereocenters. The maximum Gasteiger partial charge on any atom is 0.0628 e. The molecule has 0 bridgehead atoms. The van der Waals surface area contributed by atoms with Crippen molar-refractivity contribution in [1.82, 2.24) is 5.32 Å². The fraction of sp³-hybridized carbons (Fsp3) is 0.909. The largest absolute Gasteiger partial charge is 0.385 e. The molecular weight excluding hydrogens is 176 g/mol. The number of nitriles is 1. The van der Waals surface area contributed by atoms with Gasteiger partial charge in [-0.1, -0.05) is 0 Å². The van der Waals surface area contributed by atoms with E-state index in [4.69, 9.17) is 10.00 Å². The zero-order valence-electron chi connectivity index (χ0n) is 9.01. The normalized spacial score (nSPS) is 17.7. The molecule has 1 N–H and O–H groups in total. The monoisotopic (exact) mass is 196 g/mol. The van der Waals surface area contributed by atoms with Crippen LogP contribution in [0, 0.1) is 16.7 Å². The van der Waals surface area contributed by atoms with Gasteiger partial charge in [0.25, 0.3) is 0 Å². The Balaban J connectivity index is 1.91. The number of hydrogen-bond acceptors (Lipinski definition) is 3. The van der Waals surface area contributed by atoms with E-state index in [1.165, 1.54) is 12.8 Å². The van der Waals surface area contributed by atoms with Crippen LogP contribution in [-0.4, -0.2) is 26.8 Å². The van der Waals surface area contributed by atoms with Crippen LogP contribution in [0.1, 0.15) is 32.1 Å². The lowest BCUT2D eigenvalue weighted by atomic mass is 10.0. The first-order chi connectivity index (χ1) is 6.83. The van der Waals surface area contributed by atoms with Gasteiger partial charge in [0, 0.05) is 26.7 Å². The van der Waals surface area contributed by atoms with Gasteiger partial charge in [0.05, 0.1) is 6.07 Å². The van der Waals surface area contributed by atoms with Crippen LogP contribution in [0.25, 0.3) is 0 Å². The first-order valence-electron chi connectivity index (χ1n) is 5.40. The molecule has 0 spiro atoms. The van der Waals surface area contributed by atoms with Crippen LogP contribution in [-0.2, 0) is 4.74 Å². The van der Waals surface area contributed by atoms with Gasteiger partial charge in [-0.15, -0.1) is 0 Å². The molecule has 1 aliphatic carbocycles. The minimum Gasteiger partial charge on any atom is -0.385 e. The number of ether oxygens (including phenoxy) is 1. The topological polar surface area (TPSA) is 45.0 Å². The van der Waals surface area contributed by atoms with Gasteiger partial charge in [0.1, 0.15) is 0 Å². The summed E-state index contributed by atoms with van der Waals surface area (Å²) in [6.07, 6.45) is 5.46. The zero-order valence-corrected chi connectivity index (χ0v) is 9.01. The second-order valence-corrected chi connectivity index (χ2v) is 4.21. The SMILES string of the molecule is COCCCCNCC1(CC#N)CC1. The van der Waals surface area contributed by atoms with E-state index in [1.807, 2.05) is 0 Å². The summed E-state index contributed by atoms with van der Waals surface area (Å²) >= 11 is 0. The average molecular weight is 196 g/mol. The molecule has 0 aliphatic heterocycles. The molecule has 0 radical (unpaired) electrons. The van der Waals surface area contributed by atoms with Crippen molar-refractivity contribution in [2.45, 2.75) is 32.1 Å². The Kier molecular flexibility index (Phi) is 4.92. The van der Waals surface area contributed by atoms with Gasteiger partial charge in [0.2, 0.25) is 0 Å². The Labute approximate surface area is 86.4 Å². The standard InChI is InChI=1S/C11H20N2O/c1-14-9-3-2-8-13-10-11(4-5-11)6-7-12/h13H,2-6,8-10H2,1H3. The molecule has 1 rings (SSSR count). The van der Waals surface area contributed by atoms with Crippen LogP contribution in [0.3, 0.4) is 0 Å². The van der Waals surface area contributed by atoms with Crippen LogP contribution in [0.5, 0.6) is 0 Å². The second kappa shape index (κ2) is 6.00. The van der Waals surface area contributed by atoms with Gasteiger partial charge in [0.15, 0.2) is 0 Å². The third-order valence-electron chi connectivity index (χ3n) is 2.86. The zero-order chi connectivity index (χ0) is 10.3. The fourth-order valence-electron chi connectivity index (χ4n) is 1.61. The van der Waals surface area contributed by atoms with E-state index in [0.717, 1.165) is 39.0 Å². The van der Waals surface area contributed by atoms with Crippen LogP contribution < -0.4 is 5.32 Å². The van der Waals surface area contributed by atoms with Crippen molar-refractivity contribution >= 4 is 0 Å². The number of unbranched alkanes of at least 4 members (excludes halogenated alkanes) is 1. The summed E-state index contributed by atoms with van der Waals surface area (Å²) in [5.41, 5.74) is 0.343. The summed E-state index contributed by atoms with van der Waals surface area (Å²) in [7, 11) is 1.74. The van der Waals surface area contributed by atoms with Gasteiger partial charge >= 0.3 is 0 Å². The van der Waals surface area contributed by atoms with Crippen molar-refractivity contribution in [3.63, 3.8) is 0 Å². The van der Waals surface area contributed by atoms with E-state index >= 15 is 0 Å². The highest BCUT2D eigenvalue weighted by Crippen LogP contribution is 2.47. The minimum atomic E-state index is 0.343. The van der Waals surface area contributed by atoms with Crippen LogP contribution in [0.15, 0.2) is 0 Å². The van der Waals surface area contributed by atoms with E-state index in [-0.39, 0.29) is 0 Å². The molecule has 0 aromatic heterocycles. The van der Waals surface area contributed by atoms with Gasteiger partial charge in [-0.25, -0.2) is 0 Å². The summed E-state index contributed by atoms with van der Waals surface area (Å²) in [4.78, 5) is 0. The maximum atomic E-state index is 8.62. The maximum absolute atomic E-state index is 8.62. The highest BCUT2D eigenvalue weighted by atomic mass is 16.5. The molecule has 1 saturated carbocycles. The third-order valence-corrected chi connectivity index (χ3v) is 2.86. The van der Waals surface area contributed by atoms with Crippen molar-refractivity contribution in [1.29, 1.82) is 5.26 Å². The van der Waals surface area contributed by atoms with Crippen molar-refractivity contribution in [3.8, 4) is 6.07 Å². The van der Waals surface area contributed by atoms with Crippen LogP contribution in [0.2, 0.25) is 0 Å². The molecular formula is C11H20N2O. The van der Waals surface area contributed by atoms with Crippen molar-refractivity contribution in [2.24, 2.45) is 5.41 Å². The first kappa shape index (κ1) is 11.5. The van der Waals surface area contributed by atoms with Gasteiger partial charge in [-0.05, 0) is 37.6 Å². The van der Waals surface area contributed by atoms with Gasteiger partial charge in [-0.2, -0.15) is 5.26 Å². The summed E-state index contributed by atoms with van der Waals surface area (Å²) < 4.78 is 4.97. The smallest absolute Gasteiger partial charge is 0.0628 e. The van der Waals surface area contributed by atoms with E-state index in [0.29, 0.717) is 5.41 Å². The fourth-order valence-corrected chi connectivity index (χ4v) is 1.61. The Bertz CT molecular complexity index is 194. The van der Waals surface area contributed by atoms with Gasteiger partial charge < -0.3 is 10.1 Å². The summed E-state index contributed by atoms with van der Waals surface area (Å²) in [5, 5.41) is 12.0. The molecule has 1 aliphatic rings. The lowest BCUT2D eigenvalue weighted by Crippen LogP contribution is -2.24. The Morgan fingerprint density at radius 2 is 2.21 bits per heavy atom. The number of nitrogens with zero attached hydrogens (tertiary/aromatic N) is 1. The highest BCUT2D eigenvalue weighted by Gasteiger charge is 2.41. The average Bonchev–Trinajstić information content (AvgIpc) is 2.93. The van der Waals surface area contributed by atoms with E-state index in [1.54, 1.807) is 7.11 Å². The van der Waals surface area contributed by atoms with Crippen molar-refractivity contribution < 1.29 is 4.74 Å². The lowest BCUT2D eigenvalue weighted by Gasteiger charge is -2.11. The molecule has 0 aromatic carbocycles. The molecule has 80 valence electrons. The summed E-state index contributed by atoms with van der Waals surface area (Å²) in [5.74, 6) is 0. The molecule has 1 fully saturated rings. The highest BCUT2D eigenvalue weighted by molar-refractivity contribution is 5.00. The van der Waals surface area contributed by atoms with E-state index in [9.17, 15) is 0 Å². The predicted octanol–water partition coefficient (Wildman–Crippen LogP) is 1.70. The van der Waals surface area contributed by atoms with Crippen molar-refractivity contribution in [2.75, 3.05) is 26.8 Å². The van der Waals surface area contributed by atoms with Gasteiger partial charge in [-0.3, -0.25) is 0 Å². The summed E-state index contributed by atoms with van der Waals surface area (Å²) in [6.45, 7) is 2.93. The number of hydrogen-bond donors (Lipinski definition) is 1. The quantitative estimate of drug-likeness (QED) is 0.601. The third kappa shape index (κ3) is 4.08. The molecule has 14 heavy (non-hydrogen) atoms. The molecule has 3 nitrogen and oxygen atoms in total. The van der Waals surface area contributed by atoms with E-state index < -0.39 is 0 Å². The van der Waals surface area contributed by atoms with E-state index in [2.05, 4.69) is 11.4 Å². The van der Waals surface area contributed by atoms with Crippen LogP contribution >= 0.6 is 0 Å². The molecule has 0 saturated heterocycles.